The molecular weight excluding hydrogens is 280 g/mol. The first-order valence-corrected chi connectivity index (χ1v) is 6.45. The molecule has 0 rings (SSSR count). The second kappa shape index (κ2) is 16.6. The van der Waals surface area contributed by atoms with Crippen molar-refractivity contribution in [2.45, 2.75) is 38.9 Å². The van der Waals surface area contributed by atoms with E-state index in [2.05, 4.69) is 25.3 Å². The lowest BCUT2D eigenvalue weighted by atomic mass is 10.1. The smallest absolute Gasteiger partial charge is 0.313 e. The predicted octanol–water partition coefficient (Wildman–Crippen LogP) is 0.530. The SMILES string of the molecule is CC(O)CCC(C)O.O=C(O)CS.O=C(O)CS. The highest BCUT2D eigenvalue weighted by Gasteiger charge is 1.98. The summed E-state index contributed by atoms with van der Waals surface area (Å²) in [4.78, 5) is 18.6. The first-order chi connectivity index (χ1) is 8.17. The molecule has 8 heteroatoms. The molecule has 0 fully saturated rings. The highest BCUT2D eigenvalue weighted by molar-refractivity contribution is 7.81. The molecule has 0 aliphatic carbocycles. The summed E-state index contributed by atoms with van der Waals surface area (Å²) in [6.07, 6.45) is 0.837. The number of rotatable bonds is 5. The molecule has 2 atom stereocenters. The van der Waals surface area contributed by atoms with Crippen LogP contribution in [-0.4, -0.2) is 56.1 Å². The Hall–Kier alpha value is -0.440. The Morgan fingerprint density at radius 1 is 0.889 bits per heavy atom. The summed E-state index contributed by atoms with van der Waals surface area (Å²) in [5.41, 5.74) is 0. The highest BCUT2D eigenvalue weighted by atomic mass is 32.1. The number of hydrogen-bond acceptors (Lipinski definition) is 6. The molecule has 0 heterocycles. The average Bonchev–Trinajstić information content (AvgIpc) is 2.27. The van der Waals surface area contributed by atoms with Crippen molar-refractivity contribution in [1.82, 2.24) is 0 Å². The van der Waals surface area contributed by atoms with Gasteiger partial charge in [0.15, 0.2) is 0 Å². The second-order valence-corrected chi connectivity index (χ2v) is 4.01. The van der Waals surface area contributed by atoms with Crippen molar-refractivity contribution >= 4 is 37.2 Å². The molecule has 110 valence electrons. The minimum Gasteiger partial charge on any atom is -0.481 e. The number of aliphatic hydroxyl groups is 2. The van der Waals surface area contributed by atoms with E-state index in [1.165, 1.54) is 0 Å². The van der Waals surface area contributed by atoms with Crippen molar-refractivity contribution in [3.63, 3.8) is 0 Å². The number of carbonyl (C=O) groups is 2. The molecule has 0 aromatic rings. The van der Waals surface area contributed by atoms with Gasteiger partial charge in [-0.05, 0) is 26.7 Å². The van der Waals surface area contributed by atoms with Gasteiger partial charge in [-0.1, -0.05) is 0 Å². The van der Waals surface area contributed by atoms with Gasteiger partial charge in [0.25, 0.3) is 0 Å². The van der Waals surface area contributed by atoms with Crippen LogP contribution in [0.4, 0.5) is 0 Å². The van der Waals surface area contributed by atoms with E-state index in [9.17, 15) is 9.59 Å². The van der Waals surface area contributed by atoms with Gasteiger partial charge in [0.2, 0.25) is 0 Å². The number of aliphatic carboxylic acids is 2. The van der Waals surface area contributed by atoms with Gasteiger partial charge in [0, 0.05) is 0 Å². The molecule has 0 radical (unpaired) electrons. The Bertz CT molecular complexity index is 187. The molecule has 6 nitrogen and oxygen atoms in total. The van der Waals surface area contributed by atoms with E-state index in [0.29, 0.717) is 12.8 Å². The fraction of sp³-hybridized carbons (Fsp3) is 0.800. The van der Waals surface area contributed by atoms with Gasteiger partial charge >= 0.3 is 11.9 Å². The normalized spacial score (nSPS) is 12.1. The standard InChI is InChI=1S/C6H14O2.2C2H4O2S/c1-5(7)3-4-6(2)8;2*3-2(4)1-5/h5-8H,3-4H2,1-2H3;2*5H,1H2,(H,3,4). The molecule has 18 heavy (non-hydrogen) atoms. The zero-order valence-corrected chi connectivity index (χ0v) is 12.3. The third kappa shape index (κ3) is 45.0. The van der Waals surface area contributed by atoms with Crippen LogP contribution in [0.3, 0.4) is 0 Å². The van der Waals surface area contributed by atoms with Crippen molar-refractivity contribution in [2.75, 3.05) is 11.5 Å². The van der Waals surface area contributed by atoms with E-state index in [4.69, 9.17) is 20.4 Å². The van der Waals surface area contributed by atoms with Crippen LogP contribution in [0.5, 0.6) is 0 Å². The lowest BCUT2D eigenvalue weighted by molar-refractivity contribution is -0.134. The van der Waals surface area contributed by atoms with E-state index >= 15 is 0 Å². The third-order valence-electron chi connectivity index (χ3n) is 1.27. The summed E-state index contributed by atoms with van der Waals surface area (Å²) in [5, 5.41) is 32.7. The summed E-state index contributed by atoms with van der Waals surface area (Å²) in [6, 6.07) is 0. The molecule has 0 saturated carbocycles. The van der Waals surface area contributed by atoms with Gasteiger partial charge in [0.05, 0.1) is 23.7 Å². The first-order valence-electron chi connectivity index (χ1n) is 5.18. The zero-order chi connectivity index (χ0) is 15.1. The van der Waals surface area contributed by atoms with Gasteiger partial charge in [-0.3, -0.25) is 9.59 Å². The monoisotopic (exact) mass is 302 g/mol. The molecule has 4 N–H and O–H groups in total. The quantitative estimate of drug-likeness (QED) is 0.413. The van der Waals surface area contributed by atoms with E-state index in [1.54, 1.807) is 13.8 Å². The van der Waals surface area contributed by atoms with E-state index in [0.717, 1.165) is 0 Å². The third-order valence-corrected chi connectivity index (χ3v) is 1.81. The molecule has 2 unspecified atom stereocenters. The van der Waals surface area contributed by atoms with Gasteiger partial charge in [-0.2, -0.15) is 25.3 Å². The molecule has 0 saturated heterocycles. The summed E-state index contributed by atoms with van der Waals surface area (Å²) >= 11 is 6.83. The Balaban J connectivity index is -0.000000197. The summed E-state index contributed by atoms with van der Waals surface area (Å²) in [7, 11) is 0. The molecular formula is C10H22O6S2. The van der Waals surface area contributed by atoms with Crippen LogP contribution in [0.25, 0.3) is 0 Å². The number of carboxylic acid groups (broad SMARTS) is 2. The van der Waals surface area contributed by atoms with Crippen molar-refractivity contribution < 1.29 is 30.0 Å². The van der Waals surface area contributed by atoms with E-state index < -0.39 is 11.9 Å². The number of thiol groups is 2. The highest BCUT2D eigenvalue weighted by Crippen LogP contribution is 1.98. The van der Waals surface area contributed by atoms with E-state index in [1.807, 2.05) is 0 Å². The molecule has 0 aliphatic rings. The molecule has 0 spiro atoms. The van der Waals surface area contributed by atoms with Crippen LogP contribution in [0, 0.1) is 0 Å². The van der Waals surface area contributed by atoms with Crippen molar-refractivity contribution in [3.8, 4) is 0 Å². The maximum Gasteiger partial charge on any atom is 0.313 e. The zero-order valence-electron chi connectivity index (χ0n) is 10.5. The maximum absolute atomic E-state index is 9.29. The molecule has 0 aromatic heterocycles. The average molecular weight is 302 g/mol. The Kier molecular flexibility index (Phi) is 20.9. The lowest BCUT2D eigenvalue weighted by Crippen LogP contribution is -2.06. The minimum atomic E-state index is -0.881. The Morgan fingerprint density at radius 2 is 1.06 bits per heavy atom. The van der Waals surface area contributed by atoms with Crippen molar-refractivity contribution in [3.05, 3.63) is 0 Å². The number of aliphatic hydroxyl groups excluding tert-OH is 2. The van der Waals surface area contributed by atoms with Crippen LogP contribution >= 0.6 is 25.3 Å². The second-order valence-electron chi connectivity index (χ2n) is 3.38. The number of carboxylic acids is 2. The van der Waals surface area contributed by atoms with Crippen molar-refractivity contribution in [2.24, 2.45) is 0 Å². The van der Waals surface area contributed by atoms with Crippen LogP contribution in [0.1, 0.15) is 26.7 Å². The minimum absolute atomic E-state index is 0.0833. The molecule has 0 bridgehead atoms. The fourth-order valence-corrected chi connectivity index (χ4v) is 0.482. The molecule has 0 aliphatic heterocycles. The molecule has 0 amide bonds. The topological polar surface area (TPSA) is 115 Å². The van der Waals surface area contributed by atoms with Crippen LogP contribution in [0.2, 0.25) is 0 Å². The van der Waals surface area contributed by atoms with Gasteiger partial charge in [-0.15, -0.1) is 0 Å². The van der Waals surface area contributed by atoms with Crippen LogP contribution in [-0.2, 0) is 9.59 Å². The summed E-state index contributed by atoms with van der Waals surface area (Å²) in [6.45, 7) is 3.45. The Labute approximate surface area is 118 Å². The number of hydrogen-bond donors (Lipinski definition) is 6. The van der Waals surface area contributed by atoms with Gasteiger partial charge in [-0.25, -0.2) is 0 Å². The fourth-order valence-electron chi connectivity index (χ4n) is 0.482. The Morgan fingerprint density at radius 3 is 1.11 bits per heavy atom. The predicted molar refractivity (Wildman–Crippen MR) is 75.6 cm³/mol. The van der Waals surface area contributed by atoms with Gasteiger partial charge < -0.3 is 20.4 Å². The van der Waals surface area contributed by atoms with Crippen LogP contribution in [0.15, 0.2) is 0 Å². The lowest BCUT2D eigenvalue weighted by Gasteiger charge is -2.04. The largest absolute Gasteiger partial charge is 0.481 e. The summed E-state index contributed by atoms with van der Waals surface area (Å²) in [5.74, 6) is -1.93. The summed E-state index contributed by atoms with van der Waals surface area (Å²) < 4.78 is 0. The van der Waals surface area contributed by atoms with Crippen LogP contribution < -0.4 is 0 Å². The first kappa shape index (κ1) is 22.7. The van der Waals surface area contributed by atoms with Gasteiger partial charge in [0.1, 0.15) is 0 Å². The van der Waals surface area contributed by atoms with E-state index in [-0.39, 0.29) is 23.7 Å². The van der Waals surface area contributed by atoms with Crippen molar-refractivity contribution in [1.29, 1.82) is 0 Å². The molecule has 0 aromatic carbocycles. The maximum atomic E-state index is 9.29.